The van der Waals surface area contributed by atoms with Crippen molar-refractivity contribution >= 4 is 56.9 Å². The number of carbonyl (C=O) groups excluding carboxylic acids is 2. The number of thioether (sulfide) groups is 1. The summed E-state index contributed by atoms with van der Waals surface area (Å²) in [6.45, 7) is 8.81. The number of benzene rings is 1. The molecule has 3 aromatic rings. The van der Waals surface area contributed by atoms with Gasteiger partial charge in [0.1, 0.15) is 11.1 Å². The van der Waals surface area contributed by atoms with E-state index >= 15 is 0 Å². The summed E-state index contributed by atoms with van der Waals surface area (Å²) in [4.78, 5) is 28.5. The number of fused-ring (bicyclic) bond motifs is 1. The molecule has 0 aliphatic heterocycles. The first-order valence-corrected chi connectivity index (χ1v) is 14.7. The first-order valence-electron chi connectivity index (χ1n) is 12.2. The summed E-state index contributed by atoms with van der Waals surface area (Å²) in [7, 11) is 0. The Balaban J connectivity index is 1.45. The summed E-state index contributed by atoms with van der Waals surface area (Å²) < 4.78 is 0. The Labute approximate surface area is 225 Å². The van der Waals surface area contributed by atoms with Crippen LogP contribution in [0.3, 0.4) is 0 Å². The minimum absolute atomic E-state index is 0.0991. The highest BCUT2D eigenvalue weighted by Crippen LogP contribution is 2.44. The van der Waals surface area contributed by atoms with Crippen molar-refractivity contribution in [2.24, 2.45) is 11.3 Å². The fourth-order valence-corrected chi connectivity index (χ4v) is 7.37. The number of nitriles is 1. The van der Waals surface area contributed by atoms with Gasteiger partial charge in [-0.25, -0.2) is 0 Å². The molecule has 5 nitrogen and oxygen atoms in total. The summed E-state index contributed by atoms with van der Waals surface area (Å²) in [5, 5.41) is 18.1. The van der Waals surface area contributed by atoms with Crippen LogP contribution in [0.2, 0.25) is 0 Å². The van der Waals surface area contributed by atoms with Gasteiger partial charge in [0.15, 0.2) is 0 Å². The van der Waals surface area contributed by atoms with Gasteiger partial charge in [-0.1, -0.05) is 39.8 Å². The summed E-state index contributed by atoms with van der Waals surface area (Å²) >= 11 is 4.43. The van der Waals surface area contributed by atoms with E-state index in [2.05, 4.69) is 37.5 Å². The number of nitrogens with zero attached hydrogens (tertiary/aromatic N) is 1. The lowest BCUT2D eigenvalue weighted by Crippen LogP contribution is -2.26. The number of amides is 2. The van der Waals surface area contributed by atoms with Crippen LogP contribution < -0.4 is 10.6 Å². The number of carbonyl (C=O) groups is 2. The number of rotatable bonds is 7. The standard InChI is InChI=1S/C28H31N3O2S3/c1-5-22(35-19-9-6-8-18(15-19)30-26(33)23-10-7-13-34-23)25(32)31-27-21(16-29)20-12-11-17(28(2,3)4)14-24(20)36-27/h6-10,13,15,17,22H,5,11-12,14H2,1-4H3,(H,30,33)(H,31,32). The van der Waals surface area contributed by atoms with E-state index < -0.39 is 0 Å². The zero-order chi connectivity index (χ0) is 25.9. The summed E-state index contributed by atoms with van der Waals surface area (Å²) in [5.41, 5.74) is 2.67. The largest absolute Gasteiger partial charge is 0.321 e. The molecule has 0 saturated heterocycles. The first kappa shape index (κ1) is 26.5. The number of hydrogen-bond donors (Lipinski definition) is 2. The molecule has 1 aliphatic carbocycles. The highest BCUT2D eigenvalue weighted by molar-refractivity contribution is 8.00. The van der Waals surface area contributed by atoms with E-state index in [0.717, 1.165) is 29.7 Å². The maximum absolute atomic E-state index is 13.3. The smallest absolute Gasteiger partial charge is 0.265 e. The van der Waals surface area contributed by atoms with Crippen molar-refractivity contribution in [1.82, 2.24) is 0 Å². The lowest BCUT2D eigenvalue weighted by Gasteiger charge is -2.33. The second kappa shape index (κ2) is 11.2. The van der Waals surface area contributed by atoms with Gasteiger partial charge in [0.25, 0.3) is 5.91 Å². The highest BCUT2D eigenvalue weighted by atomic mass is 32.2. The van der Waals surface area contributed by atoms with Crippen molar-refractivity contribution in [2.75, 3.05) is 10.6 Å². The van der Waals surface area contributed by atoms with Crippen LogP contribution in [0.4, 0.5) is 10.7 Å². The molecule has 0 radical (unpaired) electrons. The minimum Gasteiger partial charge on any atom is -0.321 e. The number of anilines is 2. The molecule has 2 amide bonds. The Morgan fingerprint density at radius 2 is 2.03 bits per heavy atom. The van der Waals surface area contributed by atoms with Crippen LogP contribution in [-0.2, 0) is 17.6 Å². The second-order valence-corrected chi connectivity index (χ2v) is 13.4. The highest BCUT2D eigenvalue weighted by Gasteiger charge is 2.33. The molecule has 8 heteroatoms. The Morgan fingerprint density at radius 3 is 2.69 bits per heavy atom. The van der Waals surface area contributed by atoms with Crippen LogP contribution in [0.1, 0.15) is 66.2 Å². The van der Waals surface area contributed by atoms with E-state index in [4.69, 9.17) is 0 Å². The van der Waals surface area contributed by atoms with Gasteiger partial charge in [-0.3, -0.25) is 9.59 Å². The number of nitrogens with one attached hydrogen (secondary N) is 2. The molecule has 0 bridgehead atoms. The third kappa shape index (κ3) is 6.03. The predicted molar refractivity (Wildman–Crippen MR) is 151 cm³/mol. The van der Waals surface area contributed by atoms with Crippen molar-refractivity contribution in [1.29, 1.82) is 5.26 Å². The fourth-order valence-electron chi connectivity index (χ4n) is 4.46. The van der Waals surface area contributed by atoms with E-state index in [0.29, 0.717) is 33.5 Å². The lowest BCUT2D eigenvalue weighted by molar-refractivity contribution is -0.115. The molecule has 0 spiro atoms. The Kier molecular flexibility index (Phi) is 8.23. The molecule has 2 unspecified atom stereocenters. The summed E-state index contributed by atoms with van der Waals surface area (Å²) in [5.74, 6) is 0.333. The minimum atomic E-state index is -0.318. The monoisotopic (exact) mass is 537 g/mol. The molecule has 1 aromatic carbocycles. The summed E-state index contributed by atoms with van der Waals surface area (Å²) in [6, 6.07) is 13.6. The fraction of sp³-hybridized carbons (Fsp3) is 0.393. The number of thiophene rings is 2. The van der Waals surface area contributed by atoms with E-state index in [1.165, 1.54) is 28.0 Å². The van der Waals surface area contributed by atoms with Gasteiger partial charge in [0.05, 0.1) is 15.7 Å². The van der Waals surface area contributed by atoms with E-state index in [9.17, 15) is 14.9 Å². The van der Waals surface area contributed by atoms with E-state index in [-0.39, 0.29) is 22.5 Å². The molecule has 0 saturated carbocycles. The maximum atomic E-state index is 13.3. The zero-order valence-electron chi connectivity index (χ0n) is 21.0. The molecule has 2 aromatic heterocycles. The van der Waals surface area contributed by atoms with Gasteiger partial charge in [-0.15, -0.1) is 34.4 Å². The third-order valence-electron chi connectivity index (χ3n) is 6.62. The second-order valence-electron chi connectivity index (χ2n) is 10.1. The summed E-state index contributed by atoms with van der Waals surface area (Å²) in [6.07, 6.45) is 3.57. The predicted octanol–water partition coefficient (Wildman–Crippen LogP) is 7.59. The van der Waals surface area contributed by atoms with Crippen molar-refractivity contribution in [3.8, 4) is 6.07 Å². The quantitative estimate of drug-likeness (QED) is 0.304. The van der Waals surface area contributed by atoms with E-state index in [1.54, 1.807) is 17.4 Å². The lowest BCUT2D eigenvalue weighted by atomic mass is 9.72. The van der Waals surface area contributed by atoms with E-state index in [1.807, 2.05) is 42.6 Å². The molecule has 4 rings (SSSR count). The average Bonchev–Trinajstić information content (AvgIpc) is 3.49. The Bertz CT molecular complexity index is 1280. The van der Waals surface area contributed by atoms with Crippen LogP contribution in [0.5, 0.6) is 0 Å². The van der Waals surface area contributed by atoms with Gasteiger partial charge >= 0.3 is 0 Å². The van der Waals surface area contributed by atoms with Crippen molar-refractivity contribution < 1.29 is 9.59 Å². The molecule has 2 atom stereocenters. The molecule has 0 fully saturated rings. The van der Waals surface area contributed by atoms with Crippen LogP contribution in [0.15, 0.2) is 46.7 Å². The van der Waals surface area contributed by atoms with Crippen LogP contribution in [0, 0.1) is 22.7 Å². The van der Waals surface area contributed by atoms with Crippen LogP contribution in [0.25, 0.3) is 0 Å². The maximum Gasteiger partial charge on any atom is 0.265 e. The normalized spacial score (nSPS) is 16.0. The Hall–Kier alpha value is -2.60. The SMILES string of the molecule is CCC(Sc1cccc(NC(=O)c2cccs2)c1)C(=O)Nc1sc2c(c1C#N)CCC(C(C)(C)C)C2. The van der Waals surface area contributed by atoms with Crippen molar-refractivity contribution in [2.45, 2.75) is 63.5 Å². The molecule has 2 N–H and O–H groups in total. The van der Waals surface area contributed by atoms with Gasteiger partial charge in [-0.2, -0.15) is 5.26 Å². The molecular formula is C28H31N3O2S3. The molecule has 1 aliphatic rings. The van der Waals surface area contributed by atoms with Gasteiger partial charge in [-0.05, 0) is 72.2 Å². The van der Waals surface area contributed by atoms with Crippen LogP contribution >= 0.6 is 34.4 Å². The average molecular weight is 538 g/mol. The van der Waals surface area contributed by atoms with Gasteiger partial charge < -0.3 is 10.6 Å². The molecule has 2 heterocycles. The topological polar surface area (TPSA) is 82.0 Å². The molecule has 188 valence electrons. The molecule has 36 heavy (non-hydrogen) atoms. The van der Waals surface area contributed by atoms with Gasteiger partial charge in [0.2, 0.25) is 5.91 Å². The van der Waals surface area contributed by atoms with Crippen molar-refractivity contribution in [3.63, 3.8) is 0 Å². The zero-order valence-corrected chi connectivity index (χ0v) is 23.5. The third-order valence-corrected chi connectivity index (χ3v) is 10.0. The van der Waals surface area contributed by atoms with Gasteiger partial charge in [0, 0.05) is 15.5 Å². The first-order chi connectivity index (χ1) is 17.2. The van der Waals surface area contributed by atoms with Crippen molar-refractivity contribution in [3.05, 3.63) is 62.7 Å². The number of hydrogen-bond acceptors (Lipinski definition) is 6. The van der Waals surface area contributed by atoms with Crippen LogP contribution in [-0.4, -0.2) is 17.1 Å². The Morgan fingerprint density at radius 1 is 1.22 bits per heavy atom. The molecular weight excluding hydrogens is 507 g/mol.